The zero-order valence-corrected chi connectivity index (χ0v) is 17.0. The maximum absolute atomic E-state index is 11.6. The third kappa shape index (κ3) is 16.5. The van der Waals surface area contributed by atoms with Crippen molar-refractivity contribution in [3.05, 3.63) is 0 Å². The zero-order valence-electron chi connectivity index (χ0n) is 17.0. The van der Waals surface area contributed by atoms with Crippen molar-refractivity contribution in [2.75, 3.05) is 6.54 Å². The summed E-state index contributed by atoms with van der Waals surface area (Å²) >= 11 is 0. The second-order valence-corrected chi connectivity index (χ2v) is 7.32. The molecule has 0 saturated carbocycles. The van der Waals surface area contributed by atoms with E-state index in [4.69, 9.17) is 16.2 Å². The molecule has 0 radical (unpaired) electrons. The summed E-state index contributed by atoms with van der Waals surface area (Å²) in [6.07, 6.45) is 17.8. The van der Waals surface area contributed by atoms with Crippen molar-refractivity contribution in [1.29, 1.82) is 0 Å². The predicted octanol–water partition coefficient (Wildman–Crippen LogP) is 4.60. The standard InChI is InChI=1S/C21H42N2O3/c1-2-3-4-5-6-7-8-9-10-11-12-13-14-17-20(24)26-21(25)19(23)16-15-18-22/h19H,2-18,22-23H2,1H3/t19-/m0/s1. The maximum Gasteiger partial charge on any atom is 0.330 e. The monoisotopic (exact) mass is 370 g/mol. The lowest BCUT2D eigenvalue weighted by atomic mass is 10.0. The van der Waals surface area contributed by atoms with E-state index in [9.17, 15) is 9.59 Å². The van der Waals surface area contributed by atoms with Crippen LogP contribution in [0.3, 0.4) is 0 Å². The Morgan fingerprint density at radius 1 is 0.769 bits per heavy atom. The van der Waals surface area contributed by atoms with Gasteiger partial charge in [0.05, 0.1) is 0 Å². The van der Waals surface area contributed by atoms with E-state index in [0.717, 1.165) is 19.3 Å². The minimum absolute atomic E-state index is 0.299. The summed E-state index contributed by atoms with van der Waals surface area (Å²) in [5, 5.41) is 0. The molecule has 0 aliphatic carbocycles. The Bertz CT molecular complexity index is 348. The van der Waals surface area contributed by atoms with E-state index in [1.54, 1.807) is 0 Å². The fourth-order valence-electron chi connectivity index (χ4n) is 2.98. The van der Waals surface area contributed by atoms with Crippen LogP contribution >= 0.6 is 0 Å². The van der Waals surface area contributed by atoms with Crippen LogP contribution in [0.4, 0.5) is 0 Å². The fourth-order valence-corrected chi connectivity index (χ4v) is 2.98. The Balaban J connectivity index is 3.36. The molecule has 1 atom stereocenters. The van der Waals surface area contributed by atoms with E-state index < -0.39 is 18.0 Å². The van der Waals surface area contributed by atoms with Crippen LogP contribution in [0.2, 0.25) is 0 Å². The summed E-state index contributed by atoms with van der Waals surface area (Å²) < 4.78 is 4.77. The molecule has 0 heterocycles. The molecular weight excluding hydrogens is 328 g/mol. The van der Waals surface area contributed by atoms with Gasteiger partial charge in [-0.3, -0.25) is 4.79 Å². The molecular formula is C21H42N2O3. The summed E-state index contributed by atoms with van der Waals surface area (Å²) in [5.74, 6) is -1.08. The van der Waals surface area contributed by atoms with Gasteiger partial charge >= 0.3 is 11.9 Å². The molecule has 5 heteroatoms. The fraction of sp³-hybridized carbons (Fsp3) is 0.905. The van der Waals surface area contributed by atoms with Gasteiger partial charge in [0.15, 0.2) is 0 Å². The second-order valence-electron chi connectivity index (χ2n) is 7.32. The number of hydrogen-bond acceptors (Lipinski definition) is 5. The Morgan fingerprint density at radius 3 is 1.69 bits per heavy atom. The van der Waals surface area contributed by atoms with Crippen molar-refractivity contribution in [3.8, 4) is 0 Å². The van der Waals surface area contributed by atoms with Crippen LogP contribution in [0.25, 0.3) is 0 Å². The summed E-state index contributed by atoms with van der Waals surface area (Å²) in [6.45, 7) is 2.73. The van der Waals surface area contributed by atoms with E-state index in [1.807, 2.05) is 0 Å². The Hall–Kier alpha value is -0.940. The summed E-state index contributed by atoms with van der Waals surface area (Å²) in [4.78, 5) is 23.2. The molecule has 0 aromatic heterocycles. The highest BCUT2D eigenvalue weighted by Gasteiger charge is 2.17. The number of hydrogen-bond donors (Lipinski definition) is 2. The van der Waals surface area contributed by atoms with Gasteiger partial charge in [-0.25, -0.2) is 4.79 Å². The van der Waals surface area contributed by atoms with E-state index in [2.05, 4.69) is 6.92 Å². The zero-order chi connectivity index (χ0) is 19.5. The number of ether oxygens (including phenoxy) is 1. The lowest BCUT2D eigenvalue weighted by Gasteiger charge is -2.09. The van der Waals surface area contributed by atoms with Crippen molar-refractivity contribution in [2.45, 2.75) is 116 Å². The summed E-state index contributed by atoms with van der Waals surface area (Å²) in [5.41, 5.74) is 11.0. The van der Waals surface area contributed by atoms with E-state index in [-0.39, 0.29) is 0 Å². The van der Waals surface area contributed by atoms with Crippen LogP contribution < -0.4 is 11.5 Å². The van der Waals surface area contributed by atoms with Crippen molar-refractivity contribution >= 4 is 11.9 Å². The molecule has 154 valence electrons. The number of nitrogens with two attached hydrogens (primary N) is 2. The topological polar surface area (TPSA) is 95.4 Å². The van der Waals surface area contributed by atoms with Crippen LogP contribution in [-0.2, 0) is 14.3 Å². The van der Waals surface area contributed by atoms with Gasteiger partial charge in [0, 0.05) is 6.42 Å². The van der Waals surface area contributed by atoms with Gasteiger partial charge in [-0.2, -0.15) is 0 Å². The van der Waals surface area contributed by atoms with Crippen LogP contribution in [0.15, 0.2) is 0 Å². The van der Waals surface area contributed by atoms with Gasteiger partial charge in [-0.05, 0) is 25.8 Å². The molecule has 4 N–H and O–H groups in total. The first-order valence-electron chi connectivity index (χ1n) is 10.8. The highest BCUT2D eigenvalue weighted by molar-refractivity contribution is 5.88. The molecule has 0 spiro atoms. The predicted molar refractivity (Wildman–Crippen MR) is 108 cm³/mol. The molecule has 0 unspecified atom stereocenters. The van der Waals surface area contributed by atoms with Crippen molar-refractivity contribution in [3.63, 3.8) is 0 Å². The van der Waals surface area contributed by atoms with Crippen molar-refractivity contribution in [2.24, 2.45) is 11.5 Å². The number of carbonyl (C=O) groups is 2. The van der Waals surface area contributed by atoms with E-state index >= 15 is 0 Å². The first-order valence-corrected chi connectivity index (χ1v) is 10.8. The first kappa shape index (κ1) is 25.1. The molecule has 0 fully saturated rings. The largest absolute Gasteiger partial charge is 0.392 e. The summed E-state index contributed by atoms with van der Waals surface area (Å²) in [6, 6.07) is -0.742. The molecule has 0 aliphatic rings. The highest BCUT2D eigenvalue weighted by atomic mass is 16.6. The minimum atomic E-state index is -0.742. The Kier molecular flexibility index (Phi) is 18.2. The number of rotatable bonds is 18. The molecule has 26 heavy (non-hydrogen) atoms. The quantitative estimate of drug-likeness (QED) is 0.209. The maximum atomic E-state index is 11.6. The van der Waals surface area contributed by atoms with Crippen molar-refractivity contribution < 1.29 is 14.3 Å². The smallest absolute Gasteiger partial charge is 0.330 e. The van der Waals surface area contributed by atoms with Crippen LogP contribution in [-0.4, -0.2) is 24.5 Å². The number of carbonyl (C=O) groups excluding carboxylic acids is 2. The van der Waals surface area contributed by atoms with Gasteiger partial charge in [-0.1, -0.05) is 84.0 Å². The van der Waals surface area contributed by atoms with E-state index in [0.29, 0.717) is 25.8 Å². The van der Waals surface area contributed by atoms with Crippen molar-refractivity contribution in [1.82, 2.24) is 0 Å². The normalized spacial score (nSPS) is 12.1. The highest BCUT2D eigenvalue weighted by Crippen LogP contribution is 2.13. The molecule has 0 bridgehead atoms. The summed E-state index contributed by atoms with van der Waals surface area (Å²) in [7, 11) is 0. The molecule has 0 aliphatic heterocycles. The molecule has 0 amide bonds. The van der Waals surface area contributed by atoms with E-state index in [1.165, 1.54) is 64.2 Å². The van der Waals surface area contributed by atoms with Gasteiger partial charge in [0.2, 0.25) is 0 Å². The average molecular weight is 371 g/mol. The van der Waals surface area contributed by atoms with Gasteiger partial charge in [0.1, 0.15) is 6.04 Å². The third-order valence-electron chi connectivity index (χ3n) is 4.72. The van der Waals surface area contributed by atoms with Gasteiger partial charge in [-0.15, -0.1) is 0 Å². The molecule has 0 aromatic rings. The molecule has 0 aromatic carbocycles. The third-order valence-corrected chi connectivity index (χ3v) is 4.72. The minimum Gasteiger partial charge on any atom is -0.392 e. The SMILES string of the molecule is CCCCCCCCCCCCCCCC(=O)OC(=O)[C@@H](N)CCCN. The second kappa shape index (κ2) is 18.8. The van der Waals surface area contributed by atoms with Gasteiger partial charge in [0.25, 0.3) is 0 Å². The van der Waals surface area contributed by atoms with Gasteiger partial charge < -0.3 is 16.2 Å². The molecule has 0 rings (SSSR count). The Labute approximate surface area is 160 Å². The average Bonchev–Trinajstić information content (AvgIpc) is 2.63. The lowest BCUT2D eigenvalue weighted by Crippen LogP contribution is -2.34. The van der Waals surface area contributed by atoms with Crippen LogP contribution in [0.1, 0.15) is 110 Å². The first-order chi connectivity index (χ1) is 12.6. The van der Waals surface area contributed by atoms with Crippen LogP contribution in [0.5, 0.6) is 0 Å². The molecule has 0 saturated heterocycles. The molecule has 5 nitrogen and oxygen atoms in total. The number of unbranched alkanes of at least 4 members (excludes halogenated alkanes) is 12. The Morgan fingerprint density at radius 2 is 1.23 bits per heavy atom. The number of esters is 2. The lowest BCUT2D eigenvalue weighted by molar-refractivity contribution is -0.160. The van der Waals surface area contributed by atoms with Crippen LogP contribution in [0, 0.1) is 0 Å².